The molecule has 0 bridgehead atoms. The number of thiazole rings is 1. The topological polar surface area (TPSA) is 77.6 Å². The first-order chi connectivity index (χ1) is 7.17. The predicted molar refractivity (Wildman–Crippen MR) is 59.6 cm³/mol. The van der Waals surface area contributed by atoms with Gasteiger partial charge in [-0.25, -0.2) is 4.98 Å². The summed E-state index contributed by atoms with van der Waals surface area (Å²) in [5, 5.41) is 5.70. The van der Waals surface area contributed by atoms with Gasteiger partial charge in [0.2, 0.25) is 0 Å². The highest BCUT2D eigenvalue weighted by atomic mass is 32.1. The number of nitrogens with two attached hydrogens (primary N) is 1. The van der Waals surface area contributed by atoms with Crippen molar-refractivity contribution in [3.05, 3.63) is 11.1 Å². The van der Waals surface area contributed by atoms with Gasteiger partial charge in [0, 0.05) is 5.38 Å². The fraction of sp³-hybridized carbons (Fsp3) is 0.444. The van der Waals surface area contributed by atoms with E-state index in [9.17, 15) is 4.79 Å². The van der Waals surface area contributed by atoms with Crippen LogP contribution in [0.2, 0.25) is 0 Å². The van der Waals surface area contributed by atoms with E-state index in [0.29, 0.717) is 10.8 Å². The van der Waals surface area contributed by atoms with E-state index in [-0.39, 0.29) is 11.8 Å². The van der Waals surface area contributed by atoms with Crippen LogP contribution in [0.5, 0.6) is 0 Å². The van der Waals surface area contributed by atoms with Crippen molar-refractivity contribution < 1.29 is 9.63 Å². The number of oxime groups is 1. The molecular formula is C9H12N3O2S. The summed E-state index contributed by atoms with van der Waals surface area (Å²) in [6.07, 6.45) is 2.45. The summed E-state index contributed by atoms with van der Waals surface area (Å²) in [5.41, 5.74) is 5.88. The molecule has 1 atom stereocenters. The lowest BCUT2D eigenvalue weighted by atomic mass is 10.3. The van der Waals surface area contributed by atoms with Gasteiger partial charge in [-0.1, -0.05) is 12.1 Å². The van der Waals surface area contributed by atoms with Crippen molar-refractivity contribution in [2.75, 3.05) is 5.73 Å². The zero-order valence-corrected chi connectivity index (χ0v) is 9.37. The molecule has 0 aromatic carbocycles. The second kappa shape index (κ2) is 5.45. The van der Waals surface area contributed by atoms with Crippen LogP contribution in [0.3, 0.4) is 0 Å². The molecule has 0 aliphatic heterocycles. The van der Waals surface area contributed by atoms with E-state index in [4.69, 9.17) is 10.6 Å². The Morgan fingerprint density at radius 1 is 1.87 bits per heavy atom. The molecule has 1 unspecified atom stereocenters. The number of nitrogens with zero attached hydrogens (tertiary/aromatic N) is 2. The monoisotopic (exact) mass is 226 g/mol. The van der Waals surface area contributed by atoms with E-state index in [2.05, 4.69) is 10.1 Å². The van der Waals surface area contributed by atoms with Gasteiger partial charge < -0.3 is 10.6 Å². The summed E-state index contributed by atoms with van der Waals surface area (Å²) in [7, 11) is 0. The number of aromatic nitrogens is 1. The van der Waals surface area contributed by atoms with Crippen LogP contribution in [-0.4, -0.2) is 23.1 Å². The van der Waals surface area contributed by atoms with Crippen molar-refractivity contribution in [2.24, 2.45) is 5.16 Å². The molecule has 0 saturated carbocycles. The summed E-state index contributed by atoms with van der Waals surface area (Å²) in [5.74, 6) is 0. The van der Waals surface area contributed by atoms with Crippen LogP contribution in [0.4, 0.5) is 5.13 Å². The predicted octanol–water partition coefficient (Wildman–Crippen LogP) is 1.35. The summed E-state index contributed by atoms with van der Waals surface area (Å²) in [4.78, 5) is 19.6. The average molecular weight is 226 g/mol. The Kier molecular flexibility index (Phi) is 4.23. The molecule has 15 heavy (non-hydrogen) atoms. The van der Waals surface area contributed by atoms with E-state index in [0.717, 1.165) is 6.42 Å². The number of nitrogen functional groups attached to an aromatic ring is 1. The first-order valence-electron chi connectivity index (χ1n) is 4.50. The van der Waals surface area contributed by atoms with Crippen LogP contribution in [0, 0.1) is 0 Å². The standard InChI is InChI=1S/C9H12N3O2S/c1-3-6(2)14-12-7(4-13)8-5-15-9(10)11-8/h5-6H,3H2,1-2H3,(H2,10,11)/b12-7+. The largest absolute Gasteiger partial charge is 0.392 e. The summed E-state index contributed by atoms with van der Waals surface area (Å²) in [6, 6.07) is 0. The second-order valence-corrected chi connectivity index (χ2v) is 3.83. The third-order valence-electron chi connectivity index (χ3n) is 1.76. The number of hydrogen-bond acceptors (Lipinski definition) is 6. The second-order valence-electron chi connectivity index (χ2n) is 2.94. The number of rotatable bonds is 5. The van der Waals surface area contributed by atoms with E-state index >= 15 is 0 Å². The average Bonchev–Trinajstić information content (AvgIpc) is 2.65. The zero-order valence-electron chi connectivity index (χ0n) is 8.56. The van der Waals surface area contributed by atoms with Crippen LogP contribution >= 0.6 is 11.3 Å². The van der Waals surface area contributed by atoms with Gasteiger partial charge in [0.05, 0.1) is 0 Å². The minimum Gasteiger partial charge on any atom is -0.392 e. The van der Waals surface area contributed by atoms with Crippen molar-refractivity contribution in [2.45, 2.75) is 26.4 Å². The highest BCUT2D eigenvalue weighted by molar-refractivity contribution is 7.13. The fourth-order valence-corrected chi connectivity index (χ4v) is 1.28. The molecule has 6 heteroatoms. The molecular weight excluding hydrogens is 214 g/mol. The van der Waals surface area contributed by atoms with Crippen molar-refractivity contribution in [1.82, 2.24) is 4.98 Å². The molecule has 0 aliphatic rings. The third kappa shape index (κ3) is 3.32. The van der Waals surface area contributed by atoms with E-state index in [1.165, 1.54) is 11.3 Å². The molecule has 0 amide bonds. The van der Waals surface area contributed by atoms with Crippen LogP contribution < -0.4 is 5.73 Å². The molecule has 1 aromatic heterocycles. The molecule has 5 nitrogen and oxygen atoms in total. The molecule has 1 heterocycles. The van der Waals surface area contributed by atoms with Gasteiger partial charge in [0.1, 0.15) is 11.8 Å². The molecule has 1 aromatic rings. The first-order valence-corrected chi connectivity index (χ1v) is 5.38. The molecule has 2 N–H and O–H groups in total. The Labute approximate surface area is 91.9 Å². The van der Waals surface area contributed by atoms with Gasteiger partial charge in [-0.15, -0.1) is 11.3 Å². The van der Waals surface area contributed by atoms with Gasteiger partial charge in [-0.2, -0.15) is 0 Å². The Balaban J connectivity index is 2.75. The Morgan fingerprint density at radius 3 is 3.07 bits per heavy atom. The van der Waals surface area contributed by atoms with Crippen molar-refractivity contribution in [3.63, 3.8) is 0 Å². The smallest absolute Gasteiger partial charge is 0.259 e. The van der Waals surface area contributed by atoms with E-state index < -0.39 is 0 Å². The van der Waals surface area contributed by atoms with E-state index in [1.54, 1.807) is 11.7 Å². The summed E-state index contributed by atoms with van der Waals surface area (Å²) >= 11 is 1.24. The van der Waals surface area contributed by atoms with Crippen LogP contribution in [0.15, 0.2) is 10.5 Å². The SMILES string of the molecule is CCC(C)O/N=C(\[C]=O)c1csc(N)n1. The molecule has 81 valence electrons. The van der Waals surface area contributed by atoms with Crippen LogP contribution in [0.1, 0.15) is 26.0 Å². The van der Waals surface area contributed by atoms with Gasteiger partial charge >= 0.3 is 0 Å². The lowest BCUT2D eigenvalue weighted by molar-refractivity contribution is 0.0705. The van der Waals surface area contributed by atoms with Crippen molar-refractivity contribution >= 4 is 28.5 Å². The molecule has 1 rings (SSSR count). The highest BCUT2D eigenvalue weighted by Crippen LogP contribution is 2.11. The molecule has 1 radical (unpaired) electrons. The molecule has 0 aliphatic carbocycles. The quantitative estimate of drug-likeness (QED) is 0.607. The lowest BCUT2D eigenvalue weighted by Gasteiger charge is -2.05. The number of anilines is 1. The fourth-order valence-electron chi connectivity index (χ4n) is 0.731. The van der Waals surface area contributed by atoms with Crippen LogP contribution in [0.25, 0.3) is 0 Å². The number of carbonyl (C=O) groups excluding carboxylic acids is 1. The Bertz CT molecular complexity index is 362. The summed E-state index contributed by atoms with van der Waals surface area (Å²) < 4.78 is 0. The maximum absolute atomic E-state index is 10.6. The zero-order chi connectivity index (χ0) is 11.3. The molecule has 0 spiro atoms. The third-order valence-corrected chi connectivity index (χ3v) is 2.43. The maximum atomic E-state index is 10.6. The normalized spacial score (nSPS) is 13.6. The van der Waals surface area contributed by atoms with Crippen molar-refractivity contribution in [1.29, 1.82) is 0 Å². The Morgan fingerprint density at radius 2 is 2.60 bits per heavy atom. The first kappa shape index (κ1) is 11.6. The van der Waals surface area contributed by atoms with Gasteiger partial charge in [0.25, 0.3) is 6.29 Å². The van der Waals surface area contributed by atoms with Gasteiger partial charge in [-0.05, 0) is 13.3 Å². The molecule has 0 fully saturated rings. The number of hydrogen-bond donors (Lipinski definition) is 1. The molecule has 0 saturated heterocycles. The maximum Gasteiger partial charge on any atom is 0.259 e. The summed E-state index contributed by atoms with van der Waals surface area (Å²) in [6.45, 7) is 3.83. The van der Waals surface area contributed by atoms with Crippen LogP contribution in [-0.2, 0) is 9.63 Å². The minimum atomic E-state index is -0.0377. The lowest BCUT2D eigenvalue weighted by Crippen LogP contribution is -2.08. The van der Waals surface area contributed by atoms with Crippen molar-refractivity contribution in [3.8, 4) is 0 Å². The van der Waals surface area contributed by atoms with Gasteiger partial charge in [-0.3, -0.25) is 4.79 Å². The van der Waals surface area contributed by atoms with E-state index in [1.807, 2.05) is 13.8 Å². The highest BCUT2D eigenvalue weighted by Gasteiger charge is 2.09. The van der Waals surface area contributed by atoms with Gasteiger partial charge in [0.15, 0.2) is 10.8 Å². The minimum absolute atomic E-state index is 0.0377. The Hall–Kier alpha value is -1.43.